The van der Waals surface area contributed by atoms with Crippen molar-refractivity contribution in [3.8, 4) is 0 Å². The number of hydrogen-bond donors (Lipinski definition) is 3. The third kappa shape index (κ3) is 8.34. The molecule has 230 valence electrons. The Morgan fingerprint density at radius 1 is 0.682 bits per heavy atom. The van der Waals surface area contributed by atoms with Crippen molar-refractivity contribution in [3.63, 3.8) is 0 Å². The van der Waals surface area contributed by atoms with Gasteiger partial charge in [-0.1, -0.05) is 50.2 Å². The monoisotopic (exact) mass is 596 g/mol. The summed E-state index contributed by atoms with van der Waals surface area (Å²) in [5.74, 6) is -0.357. The molecule has 0 aliphatic heterocycles. The molecular formula is C34H40N6O4. The van der Waals surface area contributed by atoms with E-state index in [1.54, 1.807) is 51.3 Å². The van der Waals surface area contributed by atoms with E-state index in [-0.39, 0.29) is 23.1 Å². The highest BCUT2D eigenvalue weighted by molar-refractivity contribution is 6.01. The quantitative estimate of drug-likeness (QED) is 0.109. The van der Waals surface area contributed by atoms with E-state index in [0.29, 0.717) is 16.9 Å². The molecule has 4 aromatic rings. The molecule has 0 aliphatic rings. The third-order valence-corrected chi connectivity index (χ3v) is 6.87. The summed E-state index contributed by atoms with van der Waals surface area (Å²) in [6, 6.07) is 25.5. The Labute approximate surface area is 258 Å². The molecule has 4 rings (SSSR count). The Balaban J connectivity index is 0.000000241. The van der Waals surface area contributed by atoms with Crippen molar-refractivity contribution in [1.29, 1.82) is 0 Å². The zero-order valence-electron chi connectivity index (χ0n) is 26.0. The van der Waals surface area contributed by atoms with Crippen molar-refractivity contribution in [3.05, 3.63) is 117 Å². The third-order valence-electron chi connectivity index (χ3n) is 6.87. The number of carbonyl (C=O) groups excluding carboxylic acids is 2. The van der Waals surface area contributed by atoms with Gasteiger partial charge >= 0.3 is 0 Å². The van der Waals surface area contributed by atoms with E-state index in [1.807, 2.05) is 55.5 Å². The van der Waals surface area contributed by atoms with Crippen LogP contribution in [0.25, 0.3) is 0 Å². The van der Waals surface area contributed by atoms with E-state index in [9.17, 15) is 19.7 Å². The van der Waals surface area contributed by atoms with Crippen LogP contribution in [0, 0.1) is 10.1 Å². The predicted molar refractivity (Wildman–Crippen MR) is 178 cm³/mol. The topological polar surface area (TPSA) is 134 Å². The molecule has 0 aromatic heterocycles. The van der Waals surface area contributed by atoms with Gasteiger partial charge in [-0.3, -0.25) is 19.7 Å². The Kier molecular flexibility index (Phi) is 11.4. The summed E-state index contributed by atoms with van der Waals surface area (Å²) in [6.45, 7) is 4.15. The van der Waals surface area contributed by atoms with Gasteiger partial charge in [-0.05, 0) is 60.4 Å². The molecule has 2 amide bonds. The molecule has 0 aliphatic carbocycles. The first-order chi connectivity index (χ1) is 21.0. The Morgan fingerprint density at radius 3 is 1.55 bits per heavy atom. The van der Waals surface area contributed by atoms with E-state index in [0.717, 1.165) is 35.5 Å². The number of nitrogens with one attached hydrogen (secondary N) is 2. The minimum absolute atomic E-state index is 0.0706. The van der Waals surface area contributed by atoms with Gasteiger partial charge < -0.3 is 26.2 Å². The lowest BCUT2D eigenvalue weighted by Crippen LogP contribution is -2.22. The second kappa shape index (κ2) is 15.2. The number of nitrogens with zero attached hydrogens (tertiary/aromatic N) is 3. The van der Waals surface area contributed by atoms with Gasteiger partial charge in [-0.2, -0.15) is 0 Å². The summed E-state index contributed by atoms with van der Waals surface area (Å²) in [6.07, 6.45) is 1.77. The fraction of sp³-hybridized carbons (Fsp3) is 0.235. The lowest BCUT2D eigenvalue weighted by Gasteiger charge is -2.17. The summed E-state index contributed by atoms with van der Waals surface area (Å²) >= 11 is 0. The number of hydrogen-bond acceptors (Lipinski definition) is 7. The van der Waals surface area contributed by atoms with Crippen LogP contribution in [0.4, 0.5) is 34.1 Å². The summed E-state index contributed by atoms with van der Waals surface area (Å²) in [7, 11) is 6.69. The van der Waals surface area contributed by atoms with Crippen molar-refractivity contribution < 1.29 is 14.5 Å². The maximum atomic E-state index is 12.3. The van der Waals surface area contributed by atoms with Crippen LogP contribution in [0.5, 0.6) is 0 Å². The summed E-state index contributed by atoms with van der Waals surface area (Å²) in [5, 5.41) is 17.6. The molecule has 4 N–H and O–H groups in total. The number of carbonyl (C=O) groups is 2. The Bertz CT molecular complexity index is 1630. The van der Waals surface area contributed by atoms with Gasteiger partial charge in [-0.15, -0.1) is 0 Å². The van der Waals surface area contributed by atoms with E-state index in [4.69, 9.17) is 5.73 Å². The van der Waals surface area contributed by atoms with Gasteiger partial charge in [0.1, 0.15) is 0 Å². The fourth-order valence-corrected chi connectivity index (χ4v) is 4.45. The van der Waals surface area contributed by atoms with Crippen LogP contribution in [0.3, 0.4) is 0 Å². The van der Waals surface area contributed by atoms with Gasteiger partial charge in [0, 0.05) is 57.4 Å². The number of nitrogens with two attached hydrogens (primary N) is 1. The Hall–Kier alpha value is -5.38. The maximum Gasteiger partial charge on any atom is 0.270 e. The molecule has 0 radical (unpaired) electrons. The van der Waals surface area contributed by atoms with Gasteiger partial charge in [0.15, 0.2) is 0 Å². The summed E-state index contributed by atoms with van der Waals surface area (Å²) in [4.78, 5) is 38.1. The number of para-hydroxylation sites is 2. The van der Waals surface area contributed by atoms with Crippen LogP contribution in [-0.4, -0.2) is 54.7 Å². The molecule has 0 saturated carbocycles. The molecule has 44 heavy (non-hydrogen) atoms. The minimum atomic E-state index is -0.504. The first kappa shape index (κ1) is 33.1. The molecule has 0 fully saturated rings. The number of amides is 2. The average Bonchev–Trinajstić information content (AvgIpc) is 3.02. The largest absolute Gasteiger partial charge is 0.399 e. The van der Waals surface area contributed by atoms with Gasteiger partial charge in [-0.25, -0.2) is 0 Å². The van der Waals surface area contributed by atoms with E-state index >= 15 is 0 Å². The highest BCUT2D eigenvalue weighted by Crippen LogP contribution is 2.29. The van der Waals surface area contributed by atoms with Crippen LogP contribution in [0.1, 0.15) is 45.7 Å². The number of aryl methyl sites for hydroxylation is 2. The average molecular weight is 597 g/mol. The van der Waals surface area contributed by atoms with E-state index in [1.165, 1.54) is 22.6 Å². The second-order valence-corrected chi connectivity index (χ2v) is 10.5. The predicted octanol–water partition coefficient (Wildman–Crippen LogP) is 6.88. The first-order valence-corrected chi connectivity index (χ1v) is 14.3. The Morgan fingerprint density at radius 2 is 1.11 bits per heavy atom. The number of benzene rings is 4. The minimum Gasteiger partial charge on any atom is -0.399 e. The van der Waals surface area contributed by atoms with Gasteiger partial charge in [0.05, 0.1) is 27.4 Å². The van der Waals surface area contributed by atoms with Crippen LogP contribution in [0.15, 0.2) is 84.9 Å². The van der Waals surface area contributed by atoms with Gasteiger partial charge in [0.25, 0.3) is 17.5 Å². The molecule has 0 spiro atoms. The number of nitro groups is 1. The molecule has 0 unspecified atom stereocenters. The van der Waals surface area contributed by atoms with Crippen molar-refractivity contribution in [2.24, 2.45) is 0 Å². The number of nitrogen functional groups attached to an aromatic ring is 1. The molecule has 10 heteroatoms. The molecule has 0 heterocycles. The highest BCUT2D eigenvalue weighted by Gasteiger charge is 2.19. The van der Waals surface area contributed by atoms with Crippen molar-refractivity contribution in [2.75, 3.05) is 44.6 Å². The number of anilines is 5. The number of nitro benzene ring substituents is 1. The highest BCUT2D eigenvalue weighted by atomic mass is 16.6. The van der Waals surface area contributed by atoms with Crippen LogP contribution < -0.4 is 16.4 Å². The van der Waals surface area contributed by atoms with Crippen LogP contribution in [0.2, 0.25) is 0 Å². The molecule has 10 nitrogen and oxygen atoms in total. The number of non-ortho nitro benzene ring substituents is 1. The standard InChI is InChI=1S/C17H19N3O3.C17H21N3O/c1-4-12-7-5-6-8-15(12)18-16-10-9-13(20(22)23)11-14(16)17(21)19(2)3;1-4-12-7-5-6-8-15(12)19-16-10-9-13(18)11-14(16)17(21)20(2)3/h5-11,18H,4H2,1-3H3;5-11,19H,4,18H2,1-3H3. The molecule has 0 bridgehead atoms. The number of rotatable bonds is 9. The lowest BCUT2D eigenvalue weighted by molar-refractivity contribution is -0.384. The normalized spacial score (nSPS) is 10.2. The van der Waals surface area contributed by atoms with Crippen molar-refractivity contribution in [1.82, 2.24) is 9.80 Å². The smallest absolute Gasteiger partial charge is 0.270 e. The summed E-state index contributed by atoms with van der Waals surface area (Å²) < 4.78 is 0. The maximum absolute atomic E-state index is 12.3. The SMILES string of the molecule is CCc1ccccc1Nc1ccc(N)cc1C(=O)N(C)C.CCc1ccccc1Nc1ccc([N+](=O)[O-])cc1C(=O)N(C)C. The van der Waals surface area contributed by atoms with Crippen molar-refractivity contribution >= 4 is 45.9 Å². The second-order valence-electron chi connectivity index (χ2n) is 10.5. The van der Waals surface area contributed by atoms with E-state index < -0.39 is 4.92 Å². The van der Waals surface area contributed by atoms with E-state index in [2.05, 4.69) is 23.6 Å². The molecule has 0 saturated heterocycles. The van der Waals surface area contributed by atoms with Crippen LogP contribution in [-0.2, 0) is 12.8 Å². The fourth-order valence-electron chi connectivity index (χ4n) is 4.45. The molecular weight excluding hydrogens is 556 g/mol. The van der Waals surface area contributed by atoms with Crippen LogP contribution >= 0.6 is 0 Å². The first-order valence-electron chi connectivity index (χ1n) is 14.3. The zero-order chi connectivity index (χ0) is 32.4. The molecule has 0 atom stereocenters. The summed E-state index contributed by atoms with van der Waals surface area (Å²) in [5.41, 5.74) is 12.7. The van der Waals surface area contributed by atoms with Crippen molar-refractivity contribution in [2.45, 2.75) is 26.7 Å². The lowest BCUT2D eigenvalue weighted by atomic mass is 10.1. The zero-order valence-corrected chi connectivity index (χ0v) is 26.0. The van der Waals surface area contributed by atoms with Gasteiger partial charge in [0.2, 0.25) is 0 Å². The molecule has 4 aromatic carbocycles.